The smallest absolute Gasteiger partial charge is 0.143 e. The summed E-state index contributed by atoms with van der Waals surface area (Å²) in [4.78, 5) is 2.55. The maximum Gasteiger partial charge on any atom is 0.143 e. The van der Waals surface area contributed by atoms with E-state index in [1.54, 1.807) is 0 Å². The Morgan fingerprint density at radius 1 is 0.459 bits per heavy atom. The highest BCUT2D eigenvalue weighted by Gasteiger charge is 2.36. The number of allylic oxidation sites excluding steroid dienone is 4. The second kappa shape index (κ2) is 13.8. The van der Waals surface area contributed by atoms with E-state index >= 15 is 0 Å². The third-order valence-electron chi connectivity index (χ3n) is 13.4. The molecule has 61 heavy (non-hydrogen) atoms. The van der Waals surface area contributed by atoms with Gasteiger partial charge < -0.3 is 9.32 Å². The van der Waals surface area contributed by atoms with Crippen molar-refractivity contribution in [3.63, 3.8) is 0 Å². The van der Waals surface area contributed by atoms with Crippen molar-refractivity contribution in [1.29, 1.82) is 0 Å². The van der Waals surface area contributed by atoms with Crippen molar-refractivity contribution in [3.8, 4) is 33.4 Å². The molecule has 0 bridgehead atoms. The van der Waals surface area contributed by atoms with Crippen LogP contribution in [0.3, 0.4) is 0 Å². The second-order valence-corrected chi connectivity index (χ2v) is 17.2. The van der Waals surface area contributed by atoms with Gasteiger partial charge in [-0.3, -0.25) is 0 Å². The fourth-order valence-electron chi connectivity index (χ4n) is 10.3. The Bertz CT molecular complexity index is 3440. The molecule has 2 heteroatoms. The molecule has 9 aromatic carbocycles. The normalized spacial score (nSPS) is 14.3. The summed E-state index contributed by atoms with van der Waals surface area (Å²) in [5, 5.41) is 6.97. The topological polar surface area (TPSA) is 16.4 Å². The minimum Gasteiger partial charge on any atom is -0.455 e. The van der Waals surface area contributed by atoms with Gasteiger partial charge in [-0.1, -0.05) is 172 Å². The Balaban J connectivity index is 1.17. The van der Waals surface area contributed by atoms with Crippen molar-refractivity contribution in [2.45, 2.75) is 32.1 Å². The molecule has 0 fully saturated rings. The first-order chi connectivity index (χ1) is 30.0. The van der Waals surface area contributed by atoms with Crippen LogP contribution in [-0.4, -0.2) is 0 Å². The average molecular weight is 782 g/mol. The number of hydrogen-bond donors (Lipinski definition) is 0. The lowest BCUT2D eigenvalue weighted by molar-refractivity contribution is 0.660. The molecule has 2 aliphatic rings. The van der Waals surface area contributed by atoms with Crippen molar-refractivity contribution in [1.82, 2.24) is 0 Å². The molecule has 0 N–H and O–H groups in total. The van der Waals surface area contributed by atoms with Crippen LogP contribution in [-0.2, 0) is 5.41 Å². The zero-order valence-corrected chi connectivity index (χ0v) is 34.3. The van der Waals surface area contributed by atoms with Gasteiger partial charge in [-0.05, 0) is 127 Å². The molecule has 0 radical (unpaired) electrons. The fourth-order valence-corrected chi connectivity index (χ4v) is 10.3. The van der Waals surface area contributed by atoms with E-state index in [-0.39, 0.29) is 5.41 Å². The summed E-state index contributed by atoms with van der Waals surface area (Å²) in [7, 11) is 0. The van der Waals surface area contributed by atoms with Gasteiger partial charge in [-0.25, -0.2) is 0 Å². The van der Waals surface area contributed by atoms with E-state index in [0.717, 1.165) is 62.7 Å². The predicted octanol–water partition coefficient (Wildman–Crippen LogP) is 16.4. The number of benzene rings is 9. The molecule has 0 spiro atoms. The average Bonchev–Trinajstić information content (AvgIpc) is 3.81. The van der Waals surface area contributed by atoms with Crippen LogP contribution in [0.15, 0.2) is 210 Å². The van der Waals surface area contributed by atoms with Gasteiger partial charge in [0.15, 0.2) is 0 Å². The Labute approximate surface area is 356 Å². The van der Waals surface area contributed by atoms with E-state index in [1.807, 2.05) is 0 Å². The van der Waals surface area contributed by atoms with Crippen LogP contribution in [0.25, 0.3) is 82.4 Å². The summed E-state index contributed by atoms with van der Waals surface area (Å²) in [6.07, 6.45) is 6.53. The molecule has 2 aliphatic carbocycles. The molecular formula is C59H43NO. The fraction of sp³-hybridized carbons (Fsp3) is 0.0847. The Morgan fingerprint density at radius 3 is 1.97 bits per heavy atom. The van der Waals surface area contributed by atoms with E-state index < -0.39 is 0 Å². The largest absolute Gasteiger partial charge is 0.455 e. The van der Waals surface area contributed by atoms with Crippen LogP contribution in [0.2, 0.25) is 0 Å². The van der Waals surface area contributed by atoms with Gasteiger partial charge in [-0.2, -0.15) is 0 Å². The quantitative estimate of drug-likeness (QED) is 0.167. The minimum atomic E-state index is -0.150. The monoisotopic (exact) mass is 781 g/mol. The summed E-state index contributed by atoms with van der Waals surface area (Å²) in [5.74, 6) is 0. The van der Waals surface area contributed by atoms with Gasteiger partial charge in [0.25, 0.3) is 0 Å². The van der Waals surface area contributed by atoms with Crippen molar-refractivity contribution >= 4 is 60.4 Å². The summed E-state index contributed by atoms with van der Waals surface area (Å²) < 4.78 is 7.19. The van der Waals surface area contributed by atoms with Crippen LogP contribution in [0, 0.1) is 0 Å². The van der Waals surface area contributed by atoms with E-state index in [1.165, 1.54) is 66.4 Å². The summed E-state index contributed by atoms with van der Waals surface area (Å²) in [5.41, 5.74) is 17.8. The van der Waals surface area contributed by atoms with Gasteiger partial charge in [-0.15, -0.1) is 0 Å². The van der Waals surface area contributed by atoms with Gasteiger partial charge in [0.1, 0.15) is 11.2 Å². The number of hydrogen-bond acceptors (Lipinski definition) is 2. The van der Waals surface area contributed by atoms with Gasteiger partial charge in [0.2, 0.25) is 0 Å². The van der Waals surface area contributed by atoms with Crippen LogP contribution >= 0.6 is 0 Å². The molecule has 0 saturated carbocycles. The lowest BCUT2D eigenvalue weighted by Crippen LogP contribution is -2.20. The third-order valence-corrected chi connectivity index (χ3v) is 13.4. The van der Waals surface area contributed by atoms with Crippen molar-refractivity contribution < 1.29 is 4.42 Å². The van der Waals surface area contributed by atoms with E-state index in [4.69, 9.17) is 4.42 Å². The van der Waals surface area contributed by atoms with Gasteiger partial charge in [0, 0.05) is 27.6 Å². The van der Waals surface area contributed by atoms with Crippen molar-refractivity contribution in [2.24, 2.45) is 0 Å². The molecule has 0 saturated heterocycles. The van der Waals surface area contributed by atoms with Crippen molar-refractivity contribution in [3.05, 3.63) is 223 Å². The second-order valence-electron chi connectivity index (χ2n) is 17.2. The molecule has 0 amide bonds. The van der Waals surface area contributed by atoms with Crippen LogP contribution in [0.5, 0.6) is 0 Å². The summed E-state index contributed by atoms with van der Waals surface area (Å²) in [6, 6.07) is 68.9. The number of rotatable bonds is 6. The molecule has 10 aromatic rings. The molecule has 2 nitrogen and oxygen atoms in total. The molecule has 290 valence electrons. The maximum absolute atomic E-state index is 7.19. The highest BCUT2D eigenvalue weighted by molar-refractivity contribution is 6.23. The van der Waals surface area contributed by atoms with Gasteiger partial charge in [0.05, 0.1) is 11.1 Å². The molecule has 0 aliphatic heterocycles. The molecule has 12 rings (SSSR count). The Hall–Kier alpha value is -7.42. The zero-order valence-electron chi connectivity index (χ0n) is 34.3. The van der Waals surface area contributed by atoms with Crippen LogP contribution < -0.4 is 4.90 Å². The van der Waals surface area contributed by atoms with E-state index in [2.05, 4.69) is 219 Å². The standard InChI is InChI=1S/C59H43NO/c1-59(2)53-24-14-13-22-48(53)49-32-31-46(36-54(49)59)60(45-29-27-40(28-30-45)38-15-5-3-6-16-38)55-34-44(43-26-25-39-17-9-10-20-42(39)33-43)35-56-57(55)52-37-51(41-18-7-4-8-19-41)47-21-11-12-23-50(47)58(52)61-56/h3-27,29,31-37H,28,30H2,1-2H3. The predicted molar refractivity (Wildman–Crippen MR) is 257 cm³/mol. The minimum absolute atomic E-state index is 0.150. The van der Waals surface area contributed by atoms with Crippen LogP contribution in [0.1, 0.15) is 43.4 Å². The zero-order chi connectivity index (χ0) is 40.7. The number of nitrogens with zero attached hydrogens (tertiary/aromatic N) is 1. The van der Waals surface area contributed by atoms with Crippen molar-refractivity contribution in [2.75, 3.05) is 4.90 Å². The number of fused-ring (bicyclic) bond motifs is 9. The lowest BCUT2D eigenvalue weighted by atomic mass is 9.82. The van der Waals surface area contributed by atoms with E-state index in [9.17, 15) is 0 Å². The SMILES string of the molecule is CC1(C)c2ccccc2-c2ccc(N(C3=CC=C(c4ccccc4)CC3)c3cc(-c4ccc5ccccc5c4)cc4oc5c6ccccc6c(-c6ccccc6)cc5c34)cc21. The summed E-state index contributed by atoms with van der Waals surface area (Å²) in [6.45, 7) is 4.75. The number of anilines is 2. The molecular weight excluding hydrogens is 739 g/mol. The number of furan rings is 1. The highest BCUT2D eigenvalue weighted by Crippen LogP contribution is 2.52. The third kappa shape index (κ3) is 5.70. The lowest BCUT2D eigenvalue weighted by Gasteiger charge is -2.32. The molecule has 1 aromatic heterocycles. The molecule has 1 heterocycles. The maximum atomic E-state index is 7.19. The Morgan fingerprint density at radius 2 is 1.16 bits per heavy atom. The first-order valence-electron chi connectivity index (χ1n) is 21.5. The molecule has 0 unspecified atom stereocenters. The first-order valence-corrected chi connectivity index (χ1v) is 21.5. The van der Waals surface area contributed by atoms with Gasteiger partial charge >= 0.3 is 0 Å². The highest BCUT2D eigenvalue weighted by atomic mass is 16.3. The first kappa shape index (κ1) is 35.5. The summed E-state index contributed by atoms with van der Waals surface area (Å²) >= 11 is 0. The molecule has 0 atom stereocenters. The Kier molecular flexibility index (Phi) is 8.05. The van der Waals surface area contributed by atoms with E-state index in [0.29, 0.717) is 0 Å². The van der Waals surface area contributed by atoms with Crippen LogP contribution in [0.4, 0.5) is 11.4 Å².